The first-order valence-corrected chi connectivity index (χ1v) is 14.5. The molecule has 0 atom stereocenters. The number of pyridine rings is 1. The summed E-state index contributed by atoms with van der Waals surface area (Å²) in [6.07, 6.45) is 4.10. The van der Waals surface area contributed by atoms with Gasteiger partial charge in [0.15, 0.2) is 5.03 Å². The van der Waals surface area contributed by atoms with Crippen LogP contribution in [0.3, 0.4) is 0 Å². The highest BCUT2D eigenvalue weighted by molar-refractivity contribution is 7.90. The fraction of sp³-hybridized carbons (Fsp3) is 0.321. The molecule has 0 radical (unpaired) electrons. The SMILES string of the molecule is Cc1cc(F)ccc1Nc1cc(S(=O)(=O)NC(=O)NC2CC2)ncc1C(=O)N1CCC(c2ccc(F)cc2)CC1. The third kappa shape index (κ3) is 6.39. The average molecular weight is 570 g/mol. The van der Waals surface area contributed by atoms with Crippen LogP contribution in [0.2, 0.25) is 0 Å². The van der Waals surface area contributed by atoms with Gasteiger partial charge >= 0.3 is 6.03 Å². The molecule has 2 heterocycles. The molecule has 2 fully saturated rings. The minimum atomic E-state index is -4.34. The lowest BCUT2D eigenvalue weighted by atomic mass is 9.89. The summed E-state index contributed by atoms with van der Waals surface area (Å²) in [4.78, 5) is 31.4. The number of nitrogens with one attached hydrogen (secondary N) is 3. The monoisotopic (exact) mass is 569 g/mol. The van der Waals surface area contributed by atoms with Gasteiger partial charge in [-0.1, -0.05) is 12.1 Å². The van der Waals surface area contributed by atoms with Gasteiger partial charge in [0.05, 0.1) is 11.3 Å². The number of benzene rings is 2. The van der Waals surface area contributed by atoms with Gasteiger partial charge in [-0.2, -0.15) is 8.42 Å². The second-order valence-corrected chi connectivity index (χ2v) is 11.8. The first-order chi connectivity index (χ1) is 19.1. The van der Waals surface area contributed by atoms with Crippen LogP contribution in [0.4, 0.5) is 25.0 Å². The van der Waals surface area contributed by atoms with E-state index in [1.165, 1.54) is 42.6 Å². The standard InChI is InChI=1S/C28H29F2N5O4S/c1-17-14-21(30)6-9-24(17)33-25-15-26(40(38,39)34-28(37)32-22-7-8-22)31-16-23(25)27(36)35-12-10-19(11-13-35)18-2-4-20(29)5-3-18/h2-6,9,14-16,19,22H,7-8,10-13H2,1H3,(H,31,33)(H2,32,34,37). The van der Waals surface area contributed by atoms with E-state index in [1.807, 2.05) is 4.72 Å². The number of amides is 3. The normalized spacial score (nSPS) is 15.9. The molecule has 3 N–H and O–H groups in total. The predicted octanol–water partition coefficient (Wildman–Crippen LogP) is 4.58. The van der Waals surface area contributed by atoms with E-state index in [-0.39, 0.29) is 34.9 Å². The Morgan fingerprint density at radius 3 is 2.25 bits per heavy atom. The highest BCUT2D eigenvalue weighted by Gasteiger charge is 2.30. The number of hydrogen-bond acceptors (Lipinski definition) is 6. The highest BCUT2D eigenvalue weighted by Crippen LogP contribution is 2.31. The van der Waals surface area contributed by atoms with Crippen molar-refractivity contribution >= 4 is 33.3 Å². The van der Waals surface area contributed by atoms with Gasteiger partial charge in [-0.05, 0) is 80.0 Å². The Morgan fingerprint density at radius 1 is 0.925 bits per heavy atom. The van der Waals surface area contributed by atoms with Crippen LogP contribution in [0.1, 0.15) is 53.1 Å². The number of likely N-dealkylation sites (tertiary alicyclic amines) is 1. The van der Waals surface area contributed by atoms with Crippen LogP contribution in [0.5, 0.6) is 0 Å². The van der Waals surface area contributed by atoms with Crippen molar-refractivity contribution in [1.82, 2.24) is 19.9 Å². The number of piperidine rings is 1. The summed E-state index contributed by atoms with van der Waals surface area (Å²) in [5.74, 6) is -0.907. The topological polar surface area (TPSA) is 121 Å². The van der Waals surface area contributed by atoms with Crippen LogP contribution < -0.4 is 15.4 Å². The summed E-state index contributed by atoms with van der Waals surface area (Å²) in [7, 11) is -4.34. The fourth-order valence-corrected chi connectivity index (χ4v) is 5.58. The molecule has 0 bridgehead atoms. The van der Waals surface area contributed by atoms with Gasteiger partial charge in [0, 0.05) is 37.1 Å². The van der Waals surface area contributed by atoms with Crippen LogP contribution >= 0.6 is 0 Å². The number of sulfonamides is 1. The van der Waals surface area contributed by atoms with Gasteiger partial charge in [0.2, 0.25) is 0 Å². The smallest absolute Gasteiger partial charge is 0.328 e. The highest BCUT2D eigenvalue weighted by atomic mass is 32.2. The van der Waals surface area contributed by atoms with Crippen molar-refractivity contribution in [3.8, 4) is 0 Å². The average Bonchev–Trinajstić information content (AvgIpc) is 3.74. The maximum Gasteiger partial charge on any atom is 0.328 e. The second-order valence-electron chi connectivity index (χ2n) is 10.1. The van der Waals surface area contributed by atoms with Crippen molar-refractivity contribution < 1.29 is 26.8 Å². The number of rotatable bonds is 7. The molecule has 0 unspecified atom stereocenters. The molecule has 5 rings (SSSR count). The molecule has 2 aromatic carbocycles. The summed E-state index contributed by atoms with van der Waals surface area (Å²) in [6, 6.07) is 10.7. The summed E-state index contributed by atoms with van der Waals surface area (Å²) < 4.78 is 54.8. The second kappa shape index (κ2) is 11.2. The van der Waals surface area contributed by atoms with E-state index in [4.69, 9.17) is 0 Å². The van der Waals surface area contributed by atoms with E-state index in [0.717, 1.165) is 18.4 Å². The first kappa shape index (κ1) is 27.5. The van der Waals surface area contributed by atoms with Crippen LogP contribution in [-0.2, 0) is 10.0 Å². The minimum absolute atomic E-state index is 0.0472. The third-order valence-electron chi connectivity index (χ3n) is 7.11. The Kier molecular flexibility index (Phi) is 7.70. The number of nitrogens with zero attached hydrogens (tertiary/aromatic N) is 2. The summed E-state index contributed by atoms with van der Waals surface area (Å²) >= 11 is 0. The third-order valence-corrected chi connectivity index (χ3v) is 8.33. The van der Waals surface area contributed by atoms with Gasteiger partial charge < -0.3 is 15.5 Å². The van der Waals surface area contributed by atoms with Crippen LogP contribution in [0.15, 0.2) is 59.8 Å². The summed E-state index contributed by atoms with van der Waals surface area (Å²) in [5, 5.41) is 5.15. The summed E-state index contributed by atoms with van der Waals surface area (Å²) in [6.45, 7) is 2.56. The van der Waals surface area contributed by atoms with Gasteiger partial charge in [0.1, 0.15) is 11.6 Å². The molecule has 2 aliphatic rings. The Labute approximate surface area is 231 Å². The maximum atomic E-state index is 13.7. The van der Waals surface area contributed by atoms with Crippen LogP contribution in [0.25, 0.3) is 0 Å². The zero-order valence-corrected chi connectivity index (χ0v) is 22.6. The number of aromatic nitrogens is 1. The van der Waals surface area contributed by atoms with E-state index in [2.05, 4.69) is 15.6 Å². The van der Waals surface area contributed by atoms with Crippen LogP contribution in [0, 0.1) is 18.6 Å². The van der Waals surface area contributed by atoms with Crippen molar-refractivity contribution in [3.63, 3.8) is 0 Å². The molecule has 3 aromatic rings. The molecule has 9 nitrogen and oxygen atoms in total. The van der Waals surface area contributed by atoms with Gasteiger partial charge in [0.25, 0.3) is 15.9 Å². The van der Waals surface area contributed by atoms with E-state index >= 15 is 0 Å². The minimum Gasteiger partial charge on any atom is -0.355 e. The zero-order chi connectivity index (χ0) is 28.4. The number of hydrogen-bond donors (Lipinski definition) is 3. The Bertz CT molecular complexity index is 1540. The molecule has 1 saturated carbocycles. The predicted molar refractivity (Wildman–Crippen MR) is 145 cm³/mol. The molecule has 1 saturated heterocycles. The van der Waals surface area contributed by atoms with Crippen molar-refractivity contribution in [3.05, 3.63) is 83.1 Å². The molecule has 40 heavy (non-hydrogen) atoms. The van der Waals surface area contributed by atoms with Crippen LogP contribution in [-0.4, -0.2) is 49.4 Å². The largest absolute Gasteiger partial charge is 0.355 e. The van der Waals surface area contributed by atoms with E-state index < -0.39 is 26.9 Å². The van der Waals surface area contributed by atoms with E-state index in [9.17, 15) is 26.8 Å². The number of aryl methyl sites for hydroxylation is 1. The van der Waals surface area contributed by atoms with Gasteiger partial charge in [-0.25, -0.2) is 23.3 Å². The van der Waals surface area contributed by atoms with Crippen molar-refractivity contribution in [1.29, 1.82) is 0 Å². The Hall–Kier alpha value is -4.06. The Balaban J connectivity index is 1.39. The van der Waals surface area contributed by atoms with Crippen molar-refractivity contribution in [2.24, 2.45) is 0 Å². The van der Waals surface area contributed by atoms with E-state index in [1.54, 1.807) is 24.0 Å². The molecule has 1 aliphatic heterocycles. The fourth-order valence-electron chi connectivity index (χ4n) is 4.71. The number of halogens is 2. The molecule has 3 amide bonds. The molecule has 0 spiro atoms. The molecule has 210 valence electrons. The quantitative estimate of drug-likeness (QED) is 0.383. The zero-order valence-electron chi connectivity index (χ0n) is 21.8. The van der Waals surface area contributed by atoms with Crippen molar-refractivity contribution in [2.75, 3.05) is 18.4 Å². The number of carbonyl (C=O) groups excluding carboxylic acids is 2. The molecule has 12 heteroatoms. The molecular formula is C28H29F2N5O4S. The lowest BCUT2D eigenvalue weighted by Crippen LogP contribution is -2.40. The Morgan fingerprint density at radius 2 is 1.60 bits per heavy atom. The number of anilines is 2. The van der Waals surface area contributed by atoms with Gasteiger partial charge in [-0.3, -0.25) is 4.79 Å². The molecule has 1 aromatic heterocycles. The van der Waals surface area contributed by atoms with E-state index in [0.29, 0.717) is 37.2 Å². The molecular weight excluding hydrogens is 540 g/mol. The lowest BCUT2D eigenvalue weighted by molar-refractivity contribution is 0.0713. The number of urea groups is 1. The lowest BCUT2D eigenvalue weighted by Gasteiger charge is -2.32. The number of carbonyl (C=O) groups is 2. The van der Waals surface area contributed by atoms with Crippen molar-refractivity contribution in [2.45, 2.75) is 49.6 Å². The first-order valence-electron chi connectivity index (χ1n) is 13.0. The van der Waals surface area contributed by atoms with Gasteiger partial charge in [-0.15, -0.1) is 0 Å². The summed E-state index contributed by atoms with van der Waals surface area (Å²) in [5.41, 5.74) is 2.31. The molecule has 1 aliphatic carbocycles. The maximum absolute atomic E-state index is 13.7.